The molecule has 0 bridgehead atoms. The molecule has 4 heterocycles. The van der Waals surface area contributed by atoms with E-state index in [1.807, 2.05) is 0 Å². The molecule has 15 heteroatoms. The smallest absolute Gasteiger partial charge is 0.431 e. The van der Waals surface area contributed by atoms with Gasteiger partial charge < -0.3 is 10.2 Å². The Morgan fingerprint density at radius 2 is 1.51 bits per heavy atom. The summed E-state index contributed by atoms with van der Waals surface area (Å²) in [6, 6.07) is 18.3. The van der Waals surface area contributed by atoms with Gasteiger partial charge in [0.25, 0.3) is 0 Å². The Morgan fingerprint density at radius 3 is 2.00 bits per heavy atom. The molecule has 1 radical (unpaired) electrons. The number of nitrogens with zero attached hydrogens (tertiary/aromatic N) is 7. The minimum Gasteiger partial charge on any atom is -0.573 e. The molecule has 0 amide bonds. The van der Waals surface area contributed by atoms with Gasteiger partial charge in [-0.2, -0.15) is 35.1 Å². The molecule has 0 aliphatic heterocycles. The van der Waals surface area contributed by atoms with Crippen molar-refractivity contribution in [1.82, 2.24) is 29.6 Å². The number of alkyl halides is 3. The van der Waals surface area contributed by atoms with Gasteiger partial charge in [0.15, 0.2) is 0 Å². The van der Waals surface area contributed by atoms with E-state index >= 15 is 0 Å². The van der Waals surface area contributed by atoms with Gasteiger partial charge in [0.05, 0.1) is 12.7 Å². The molecule has 6 rings (SSSR count). The Morgan fingerprint density at radius 1 is 0.844 bits per heavy atom. The van der Waals surface area contributed by atoms with Crippen molar-refractivity contribution in [2.24, 2.45) is 0 Å². The van der Waals surface area contributed by atoms with Crippen LogP contribution in [0.15, 0.2) is 91.6 Å². The molecule has 237 valence electrons. The van der Waals surface area contributed by atoms with Gasteiger partial charge in [-0.1, -0.05) is 17.8 Å². The number of pyridine rings is 1. The fourth-order valence-electron chi connectivity index (χ4n) is 3.53. The Hall–Kier alpha value is -4.75. The zero-order valence-corrected chi connectivity index (χ0v) is 25.3. The Labute approximate surface area is 266 Å². The summed E-state index contributed by atoms with van der Waals surface area (Å²) in [7, 11) is 3.69. The van der Waals surface area contributed by atoms with Crippen LogP contribution in [-0.4, -0.2) is 24.5 Å². The monoisotopic (exact) mass is 805 g/mol. The van der Waals surface area contributed by atoms with E-state index in [0.29, 0.717) is 16.8 Å². The van der Waals surface area contributed by atoms with Crippen LogP contribution in [0.2, 0.25) is 0 Å². The van der Waals surface area contributed by atoms with E-state index in [1.54, 1.807) is 69.2 Å². The summed E-state index contributed by atoms with van der Waals surface area (Å²) in [5, 5.41) is 10.4. The van der Waals surface area contributed by atoms with Gasteiger partial charge in [-0.25, -0.2) is 4.68 Å². The van der Waals surface area contributed by atoms with Crippen molar-refractivity contribution >= 4 is 0 Å². The summed E-state index contributed by atoms with van der Waals surface area (Å²) in [4.78, 5) is 3.87. The third-order valence-electron chi connectivity index (χ3n) is 5.68. The maximum absolute atomic E-state index is 13.3. The van der Waals surface area contributed by atoms with Crippen LogP contribution in [0.4, 0.5) is 30.7 Å². The first-order valence-corrected chi connectivity index (χ1v) is 12.5. The first kappa shape index (κ1) is 34.7. The van der Waals surface area contributed by atoms with E-state index in [2.05, 4.69) is 39.5 Å². The maximum atomic E-state index is 13.3. The van der Waals surface area contributed by atoms with Crippen molar-refractivity contribution < 1.29 is 55.5 Å². The number of halogens is 7. The van der Waals surface area contributed by atoms with Crippen molar-refractivity contribution in [2.75, 3.05) is 0 Å². The van der Waals surface area contributed by atoms with Crippen LogP contribution in [-0.2, 0) is 39.4 Å². The van der Waals surface area contributed by atoms with E-state index in [-0.39, 0.29) is 38.9 Å². The van der Waals surface area contributed by atoms with Crippen LogP contribution in [0.1, 0.15) is 16.8 Å². The maximum Gasteiger partial charge on any atom is 0.431 e. The molecule has 0 spiro atoms. The standard InChI is InChI=1S/C11H9F2N2.C10H7F2N2.C9H5F3N3.Ir/c1-14-5-2-6-15(14)8-9-3-4-10(12)7-11(9)13;11-9-3-2-8(10(12)6-9)7-14-5-1-4-13-14;10-9(11,12)8-5-7(14-15-8)6-3-1-2-4-13-6;/h2,4-7H,1,8H2;1,3-6H,7H2;1-5H;/q3*-1;. The number of rotatable bonds is 5. The molecule has 0 atom stereocenters. The summed E-state index contributed by atoms with van der Waals surface area (Å²) in [5.74, 6) is -2.43. The molecule has 0 saturated carbocycles. The van der Waals surface area contributed by atoms with E-state index in [0.717, 1.165) is 30.3 Å². The van der Waals surface area contributed by atoms with Gasteiger partial charge in [-0.05, 0) is 24.3 Å². The van der Waals surface area contributed by atoms with Crippen LogP contribution >= 0.6 is 0 Å². The molecule has 2 aromatic carbocycles. The SMILES string of the molecule is FC(F)(F)c1cc(-c2ccccn2)[n-]n1.Fc1c[c-]c(Cn2cccn2)c(F)c1.[CH2-][n+]1cccn1Cc1[c-]cc(F)cc1F.[Ir]. The topological polar surface area (TPSA) is 66.5 Å². The van der Waals surface area contributed by atoms with Gasteiger partial charge in [-0.15, -0.1) is 35.4 Å². The second-order valence-corrected chi connectivity index (χ2v) is 8.85. The second-order valence-electron chi connectivity index (χ2n) is 8.85. The summed E-state index contributed by atoms with van der Waals surface area (Å²) >= 11 is 0. The minimum absolute atomic E-state index is 0. The van der Waals surface area contributed by atoms with Gasteiger partial charge >= 0.3 is 6.18 Å². The fraction of sp³-hybridized carbons (Fsp3) is 0.100. The van der Waals surface area contributed by atoms with Crippen LogP contribution in [0.3, 0.4) is 0 Å². The van der Waals surface area contributed by atoms with Crippen molar-refractivity contribution in [3.8, 4) is 11.4 Å². The zero-order chi connectivity index (χ0) is 31.7. The van der Waals surface area contributed by atoms with Gasteiger partial charge in [0, 0.05) is 87.4 Å². The van der Waals surface area contributed by atoms with E-state index < -0.39 is 35.1 Å². The summed E-state index contributed by atoms with van der Waals surface area (Å²) in [5.41, 5.74) is 0.117. The number of benzene rings is 2. The predicted octanol–water partition coefficient (Wildman–Crippen LogP) is 5.67. The van der Waals surface area contributed by atoms with Crippen molar-refractivity contribution in [3.63, 3.8) is 0 Å². The third-order valence-corrected chi connectivity index (χ3v) is 5.68. The molecule has 0 fully saturated rings. The second kappa shape index (κ2) is 15.8. The molecule has 7 nitrogen and oxygen atoms in total. The number of hydrogen-bond acceptors (Lipinski definition) is 3. The zero-order valence-electron chi connectivity index (χ0n) is 22.9. The molecule has 0 aliphatic rings. The number of hydrogen-bond donors (Lipinski definition) is 0. The molecule has 0 N–H and O–H groups in total. The van der Waals surface area contributed by atoms with E-state index in [1.165, 1.54) is 6.20 Å². The molecule has 45 heavy (non-hydrogen) atoms. The minimum atomic E-state index is -4.46. The van der Waals surface area contributed by atoms with E-state index in [4.69, 9.17) is 0 Å². The molecule has 4 aromatic heterocycles. The van der Waals surface area contributed by atoms with Gasteiger partial charge in [0.1, 0.15) is 5.69 Å². The van der Waals surface area contributed by atoms with Crippen LogP contribution in [0, 0.1) is 42.4 Å². The fourth-order valence-corrected chi connectivity index (χ4v) is 3.53. The first-order chi connectivity index (χ1) is 21.0. The van der Waals surface area contributed by atoms with Crippen molar-refractivity contribution in [2.45, 2.75) is 19.3 Å². The van der Waals surface area contributed by atoms with Crippen LogP contribution < -0.4 is 9.78 Å². The Bertz CT molecular complexity index is 1770. The molecule has 6 aromatic rings. The molecule has 0 aliphatic carbocycles. The average molecular weight is 805 g/mol. The summed E-state index contributed by atoms with van der Waals surface area (Å²) < 4.78 is 92.9. The Balaban J connectivity index is 0.000000182. The normalized spacial score (nSPS) is 10.6. The molecular formula is C30H21F7IrN7-3. The van der Waals surface area contributed by atoms with Gasteiger partial charge in [0.2, 0.25) is 0 Å². The van der Waals surface area contributed by atoms with Crippen molar-refractivity contribution in [1.29, 1.82) is 0 Å². The summed E-state index contributed by atoms with van der Waals surface area (Å²) in [6.07, 6.45) is 3.82. The van der Waals surface area contributed by atoms with Crippen LogP contribution in [0.5, 0.6) is 0 Å². The number of aromatic nitrogens is 7. The molecule has 0 saturated heterocycles. The largest absolute Gasteiger partial charge is 0.573 e. The van der Waals surface area contributed by atoms with E-state index in [9.17, 15) is 30.7 Å². The third kappa shape index (κ3) is 10.1. The summed E-state index contributed by atoms with van der Waals surface area (Å²) in [6.45, 7) is 0.543. The first-order valence-electron chi connectivity index (χ1n) is 12.5. The van der Waals surface area contributed by atoms with Crippen LogP contribution in [0.25, 0.3) is 11.4 Å². The predicted molar refractivity (Wildman–Crippen MR) is 142 cm³/mol. The molecule has 0 unspecified atom stereocenters. The average Bonchev–Trinajstić information content (AvgIpc) is 3.76. The van der Waals surface area contributed by atoms with Gasteiger partial charge in [-0.3, -0.25) is 27.2 Å². The quantitative estimate of drug-likeness (QED) is 0.128. The Kier molecular flexibility index (Phi) is 12.2. The van der Waals surface area contributed by atoms with Crippen molar-refractivity contribution in [3.05, 3.63) is 151 Å². The molecular weight excluding hydrogens is 784 g/mol.